The summed E-state index contributed by atoms with van der Waals surface area (Å²) >= 11 is 0. The van der Waals surface area contributed by atoms with Crippen molar-refractivity contribution in [2.45, 2.75) is 13.8 Å². The SMILES string of the molecule is CCOC(=O)c1cncc(C)c1N=[N+]=[N-]. The Hall–Kier alpha value is -2.07. The minimum atomic E-state index is -0.531. The molecule has 0 aromatic carbocycles. The first kappa shape index (κ1) is 11.0. The van der Waals surface area contributed by atoms with Crippen molar-refractivity contribution in [2.75, 3.05) is 6.61 Å². The molecule has 1 heterocycles. The average molecular weight is 206 g/mol. The highest BCUT2D eigenvalue weighted by atomic mass is 16.5. The summed E-state index contributed by atoms with van der Waals surface area (Å²) in [6.45, 7) is 3.68. The number of carbonyl (C=O) groups excluding carboxylic acids is 1. The molecule has 1 aromatic heterocycles. The Morgan fingerprint density at radius 3 is 3.00 bits per heavy atom. The van der Waals surface area contributed by atoms with Gasteiger partial charge >= 0.3 is 5.97 Å². The van der Waals surface area contributed by atoms with Crippen LogP contribution in [0.4, 0.5) is 5.69 Å². The number of azide groups is 1. The second kappa shape index (κ2) is 4.97. The summed E-state index contributed by atoms with van der Waals surface area (Å²) in [6.07, 6.45) is 2.85. The van der Waals surface area contributed by atoms with E-state index in [9.17, 15) is 4.79 Å². The summed E-state index contributed by atoms with van der Waals surface area (Å²) in [4.78, 5) is 18.0. The summed E-state index contributed by atoms with van der Waals surface area (Å²) in [5.74, 6) is -0.531. The Morgan fingerprint density at radius 2 is 2.40 bits per heavy atom. The zero-order chi connectivity index (χ0) is 11.3. The van der Waals surface area contributed by atoms with Gasteiger partial charge in [-0.05, 0) is 24.9 Å². The lowest BCUT2D eigenvalue weighted by Crippen LogP contribution is -2.05. The summed E-state index contributed by atoms with van der Waals surface area (Å²) < 4.78 is 4.81. The van der Waals surface area contributed by atoms with Gasteiger partial charge in [0.1, 0.15) is 0 Å². The molecule has 0 bridgehead atoms. The Morgan fingerprint density at radius 1 is 1.67 bits per heavy atom. The third-order valence-corrected chi connectivity index (χ3v) is 1.74. The van der Waals surface area contributed by atoms with Crippen LogP contribution in [-0.2, 0) is 4.74 Å². The Labute approximate surface area is 86.5 Å². The van der Waals surface area contributed by atoms with Crippen molar-refractivity contribution in [3.63, 3.8) is 0 Å². The maximum atomic E-state index is 11.4. The van der Waals surface area contributed by atoms with Gasteiger partial charge in [0, 0.05) is 17.3 Å². The molecule has 0 amide bonds. The van der Waals surface area contributed by atoms with E-state index in [-0.39, 0.29) is 17.9 Å². The average Bonchev–Trinajstić information content (AvgIpc) is 2.21. The van der Waals surface area contributed by atoms with Crippen LogP contribution in [0, 0.1) is 6.92 Å². The van der Waals surface area contributed by atoms with Gasteiger partial charge in [0.05, 0.1) is 17.9 Å². The predicted octanol–water partition coefficient (Wildman–Crippen LogP) is 2.51. The largest absolute Gasteiger partial charge is 0.462 e. The summed E-state index contributed by atoms with van der Waals surface area (Å²) in [5.41, 5.74) is 9.46. The molecule has 0 aliphatic rings. The number of pyridine rings is 1. The molecule has 0 saturated heterocycles. The Balaban J connectivity index is 3.22. The first-order valence-electron chi connectivity index (χ1n) is 4.37. The van der Waals surface area contributed by atoms with Gasteiger partial charge in [0.15, 0.2) is 0 Å². The lowest BCUT2D eigenvalue weighted by Gasteiger charge is -2.05. The molecule has 0 spiro atoms. The predicted molar refractivity (Wildman–Crippen MR) is 53.7 cm³/mol. The van der Waals surface area contributed by atoms with Gasteiger partial charge in [-0.25, -0.2) is 4.79 Å². The van der Waals surface area contributed by atoms with Crippen molar-refractivity contribution in [3.05, 3.63) is 34.0 Å². The van der Waals surface area contributed by atoms with Crippen LogP contribution in [0.25, 0.3) is 10.4 Å². The van der Waals surface area contributed by atoms with Crippen LogP contribution in [-0.4, -0.2) is 17.6 Å². The monoisotopic (exact) mass is 206 g/mol. The normalized spacial score (nSPS) is 9.20. The Bertz CT molecular complexity index is 424. The molecule has 1 rings (SSSR count). The molecule has 0 aliphatic carbocycles. The molecule has 6 heteroatoms. The van der Waals surface area contributed by atoms with E-state index in [2.05, 4.69) is 15.0 Å². The van der Waals surface area contributed by atoms with E-state index in [0.29, 0.717) is 5.56 Å². The second-order valence-corrected chi connectivity index (χ2v) is 2.76. The van der Waals surface area contributed by atoms with Gasteiger partial charge in [0.25, 0.3) is 0 Å². The summed E-state index contributed by atoms with van der Waals surface area (Å²) in [6, 6.07) is 0. The Kier molecular flexibility index (Phi) is 3.65. The van der Waals surface area contributed by atoms with Crippen LogP contribution in [0.5, 0.6) is 0 Å². The molecular weight excluding hydrogens is 196 g/mol. The molecule has 1 aromatic rings. The molecule has 0 unspecified atom stereocenters. The highest BCUT2D eigenvalue weighted by molar-refractivity contribution is 5.95. The molecule has 78 valence electrons. The fourth-order valence-electron chi connectivity index (χ4n) is 1.09. The van der Waals surface area contributed by atoms with E-state index in [0.717, 1.165) is 0 Å². The zero-order valence-electron chi connectivity index (χ0n) is 8.47. The quantitative estimate of drug-likeness (QED) is 0.329. The van der Waals surface area contributed by atoms with E-state index < -0.39 is 5.97 Å². The van der Waals surface area contributed by atoms with Crippen molar-refractivity contribution in [1.29, 1.82) is 0 Å². The minimum Gasteiger partial charge on any atom is -0.462 e. The van der Waals surface area contributed by atoms with Gasteiger partial charge in [0.2, 0.25) is 0 Å². The highest BCUT2D eigenvalue weighted by Crippen LogP contribution is 2.23. The molecule has 0 radical (unpaired) electrons. The third kappa shape index (κ3) is 2.45. The molecule has 0 atom stereocenters. The number of esters is 1. The fourth-order valence-corrected chi connectivity index (χ4v) is 1.09. The first-order chi connectivity index (χ1) is 7.20. The van der Waals surface area contributed by atoms with E-state index in [1.807, 2.05) is 0 Å². The number of ether oxygens (including phenoxy) is 1. The summed E-state index contributed by atoms with van der Waals surface area (Å²) in [7, 11) is 0. The van der Waals surface area contributed by atoms with E-state index >= 15 is 0 Å². The van der Waals surface area contributed by atoms with Crippen LogP contribution in [0.15, 0.2) is 17.5 Å². The minimum absolute atomic E-state index is 0.189. The lowest BCUT2D eigenvalue weighted by atomic mass is 10.1. The number of hydrogen-bond acceptors (Lipinski definition) is 4. The van der Waals surface area contributed by atoms with Crippen LogP contribution in [0.3, 0.4) is 0 Å². The first-order valence-corrected chi connectivity index (χ1v) is 4.37. The second-order valence-electron chi connectivity index (χ2n) is 2.76. The van der Waals surface area contributed by atoms with Crippen molar-refractivity contribution in [1.82, 2.24) is 4.98 Å². The number of rotatable bonds is 3. The highest BCUT2D eigenvalue weighted by Gasteiger charge is 2.13. The van der Waals surface area contributed by atoms with E-state index in [1.165, 1.54) is 12.4 Å². The molecule has 0 fully saturated rings. The molecule has 0 saturated carbocycles. The molecule has 0 N–H and O–H groups in total. The standard InChI is InChI=1S/C9H10N4O2/c1-3-15-9(14)7-5-11-4-6(2)8(7)12-13-10/h4-5H,3H2,1-2H3. The van der Waals surface area contributed by atoms with Crippen LogP contribution in [0.1, 0.15) is 22.8 Å². The van der Waals surface area contributed by atoms with E-state index in [1.54, 1.807) is 13.8 Å². The number of carbonyl (C=O) groups is 1. The summed E-state index contributed by atoms with van der Waals surface area (Å²) in [5, 5.41) is 3.45. The van der Waals surface area contributed by atoms with Gasteiger partial charge < -0.3 is 4.74 Å². The van der Waals surface area contributed by atoms with E-state index in [4.69, 9.17) is 10.3 Å². The van der Waals surface area contributed by atoms with Crippen LogP contribution >= 0.6 is 0 Å². The molecule has 15 heavy (non-hydrogen) atoms. The van der Waals surface area contributed by atoms with Crippen molar-refractivity contribution in [3.8, 4) is 0 Å². The van der Waals surface area contributed by atoms with Crippen LogP contribution in [0.2, 0.25) is 0 Å². The number of aryl methyl sites for hydroxylation is 1. The molecule has 0 aliphatic heterocycles. The fraction of sp³-hybridized carbons (Fsp3) is 0.333. The van der Waals surface area contributed by atoms with Crippen LogP contribution < -0.4 is 0 Å². The molecule has 6 nitrogen and oxygen atoms in total. The maximum Gasteiger partial charge on any atom is 0.340 e. The van der Waals surface area contributed by atoms with Gasteiger partial charge in [-0.2, -0.15) is 0 Å². The smallest absolute Gasteiger partial charge is 0.340 e. The lowest BCUT2D eigenvalue weighted by molar-refractivity contribution is 0.0527. The third-order valence-electron chi connectivity index (χ3n) is 1.74. The molecular formula is C9H10N4O2. The topological polar surface area (TPSA) is 88.0 Å². The number of nitrogens with zero attached hydrogens (tertiary/aromatic N) is 4. The van der Waals surface area contributed by atoms with Gasteiger partial charge in [-0.15, -0.1) is 0 Å². The van der Waals surface area contributed by atoms with Crippen molar-refractivity contribution < 1.29 is 9.53 Å². The number of hydrogen-bond donors (Lipinski definition) is 0. The number of aromatic nitrogens is 1. The van der Waals surface area contributed by atoms with Gasteiger partial charge in [-0.1, -0.05) is 5.11 Å². The maximum absolute atomic E-state index is 11.4. The van der Waals surface area contributed by atoms with Crippen molar-refractivity contribution in [2.24, 2.45) is 5.11 Å². The van der Waals surface area contributed by atoms with Gasteiger partial charge in [-0.3, -0.25) is 4.98 Å². The zero-order valence-corrected chi connectivity index (χ0v) is 8.47. The van der Waals surface area contributed by atoms with Crippen molar-refractivity contribution >= 4 is 11.7 Å².